The Morgan fingerprint density at radius 3 is 2.95 bits per heavy atom. The first-order valence-corrected chi connectivity index (χ1v) is 7.60. The van der Waals surface area contributed by atoms with Crippen molar-refractivity contribution in [3.63, 3.8) is 0 Å². The van der Waals surface area contributed by atoms with E-state index in [0.29, 0.717) is 12.5 Å². The first kappa shape index (κ1) is 13.2. The topological polar surface area (TPSA) is 44.9 Å². The summed E-state index contributed by atoms with van der Waals surface area (Å²) in [7, 11) is 0. The van der Waals surface area contributed by atoms with Gasteiger partial charge in [-0.1, -0.05) is 38.0 Å². The number of para-hydroxylation sites is 1. The Balaban J connectivity index is 1.62. The van der Waals surface area contributed by atoms with Crippen molar-refractivity contribution < 1.29 is 4.79 Å². The Morgan fingerprint density at radius 1 is 1.40 bits per heavy atom. The van der Waals surface area contributed by atoms with E-state index in [2.05, 4.69) is 23.3 Å². The van der Waals surface area contributed by atoms with E-state index in [0.717, 1.165) is 35.2 Å². The van der Waals surface area contributed by atoms with Crippen LogP contribution in [0.15, 0.2) is 30.5 Å². The van der Waals surface area contributed by atoms with Gasteiger partial charge in [-0.25, -0.2) is 0 Å². The molecular weight excluding hydrogens is 248 g/mol. The monoisotopic (exact) mass is 270 g/mol. The summed E-state index contributed by atoms with van der Waals surface area (Å²) in [6, 6.07) is 8.47. The number of aromatic nitrogens is 1. The average molecular weight is 270 g/mol. The fraction of sp³-hybridized carbons (Fsp3) is 0.471. The highest BCUT2D eigenvalue weighted by molar-refractivity contribution is 5.88. The van der Waals surface area contributed by atoms with Gasteiger partial charge in [0, 0.05) is 23.1 Å². The van der Waals surface area contributed by atoms with Crippen LogP contribution in [-0.2, 0) is 11.2 Å². The average Bonchev–Trinajstić information content (AvgIpc) is 3.19. The Morgan fingerprint density at radius 2 is 2.20 bits per heavy atom. The molecule has 2 aromatic rings. The van der Waals surface area contributed by atoms with Crippen molar-refractivity contribution in [2.24, 2.45) is 5.92 Å². The van der Waals surface area contributed by atoms with E-state index >= 15 is 0 Å². The molecule has 1 atom stereocenters. The third kappa shape index (κ3) is 3.03. The lowest BCUT2D eigenvalue weighted by atomic mass is 10.1. The normalized spacial score (nSPS) is 16.2. The number of hydrogen-bond donors (Lipinski definition) is 2. The Hall–Kier alpha value is -1.77. The van der Waals surface area contributed by atoms with Gasteiger partial charge in [0.2, 0.25) is 5.91 Å². The summed E-state index contributed by atoms with van der Waals surface area (Å²) in [5.74, 6) is 0.996. The van der Waals surface area contributed by atoms with E-state index in [9.17, 15) is 4.79 Å². The smallest absolute Gasteiger partial charge is 0.224 e. The van der Waals surface area contributed by atoms with Crippen molar-refractivity contribution in [2.45, 2.75) is 45.1 Å². The van der Waals surface area contributed by atoms with Crippen molar-refractivity contribution in [2.75, 3.05) is 0 Å². The maximum absolute atomic E-state index is 12.2. The fourth-order valence-electron chi connectivity index (χ4n) is 2.81. The van der Waals surface area contributed by atoms with Crippen LogP contribution < -0.4 is 5.32 Å². The van der Waals surface area contributed by atoms with Gasteiger partial charge in [-0.15, -0.1) is 0 Å². The van der Waals surface area contributed by atoms with Gasteiger partial charge in [-0.05, 0) is 30.4 Å². The van der Waals surface area contributed by atoms with Gasteiger partial charge in [0.1, 0.15) is 0 Å². The Labute approximate surface area is 119 Å². The number of nitrogens with one attached hydrogen (secondary N) is 2. The molecule has 2 N–H and O–H groups in total. The second-order valence-corrected chi connectivity index (χ2v) is 5.89. The lowest BCUT2D eigenvalue weighted by molar-refractivity contribution is -0.121. The molecular formula is C17H22N2O. The zero-order valence-corrected chi connectivity index (χ0v) is 12.0. The number of hydrogen-bond acceptors (Lipinski definition) is 1. The van der Waals surface area contributed by atoms with Gasteiger partial charge in [0.05, 0.1) is 6.42 Å². The molecule has 0 aliphatic heterocycles. The summed E-state index contributed by atoms with van der Waals surface area (Å²) < 4.78 is 0. The van der Waals surface area contributed by atoms with E-state index in [4.69, 9.17) is 0 Å². The van der Waals surface area contributed by atoms with Gasteiger partial charge in [0.25, 0.3) is 0 Å². The maximum Gasteiger partial charge on any atom is 0.224 e. The van der Waals surface area contributed by atoms with Crippen LogP contribution >= 0.6 is 0 Å². The van der Waals surface area contributed by atoms with E-state index in [1.807, 2.05) is 24.4 Å². The van der Waals surface area contributed by atoms with Crippen LogP contribution in [0.3, 0.4) is 0 Å². The summed E-state index contributed by atoms with van der Waals surface area (Å²) in [5, 5.41) is 4.34. The summed E-state index contributed by atoms with van der Waals surface area (Å²) in [5.41, 5.74) is 2.18. The molecule has 1 aromatic heterocycles. The second-order valence-electron chi connectivity index (χ2n) is 5.89. The van der Waals surface area contributed by atoms with Crippen LogP contribution in [0.5, 0.6) is 0 Å². The molecule has 106 valence electrons. The fourth-order valence-corrected chi connectivity index (χ4v) is 2.81. The second kappa shape index (κ2) is 5.70. The zero-order valence-electron chi connectivity index (χ0n) is 12.0. The summed E-state index contributed by atoms with van der Waals surface area (Å²) in [6.07, 6.45) is 7.27. The molecule has 0 spiro atoms. The molecule has 0 saturated heterocycles. The zero-order chi connectivity index (χ0) is 13.9. The highest BCUT2D eigenvalue weighted by atomic mass is 16.1. The quantitative estimate of drug-likeness (QED) is 0.830. The number of rotatable bonds is 6. The van der Waals surface area contributed by atoms with Crippen LogP contribution in [0, 0.1) is 5.92 Å². The number of carbonyl (C=O) groups excluding carboxylic acids is 1. The Bertz CT molecular complexity index is 598. The molecule has 1 heterocycles. The summed E-state index contributed by atoms with van der Waals surface area (Å²) in [6.45, 7) is 2.15. The predicted molar refractivity (Wildman–Crippen MR) is 81.6 cm³/mol. The maximum atomic E-state index is 12.2. The molecule has 3 heteroatoms. The third-order valence-electron chi connectivity index (χ3n) is 4.20. The van der Waals surface area contributed by atoms with Crippen LogP contribution in [0.2, 0.25) is 0 Å². The number of benzene rings is 1. The molecule has 1 aromatic carbocycles. The van der Waals surface area contributed by atoms with Crippen molar-refractivity contribution in [1.82, 2.24) is 10.3 Å². The third-order valence-corrected chi connectivity index (χ3v) is 4.20. The van der Waals surface area contributed by atoms with Crippen LogP contribution in [0.1, 0.15) is 38.2 Å². The van der Waals surface area contributed by atoms with Crippen molar-refractivity contribution in [3.8, 4) is 0 Å². The largest absolute Gasteiger partial charge is 0.361 e. The number of aromatic amines is 1. The van der Waals surface area contributed by atoms with E-state index < -0.39 is 0 Å². The molecule has 1 fully saturated rings. The van der Waals surface area contributed by atoms with Gasteiger partial charge < -0.3 is 10.3 Å². The van der Waals surface area contributed by atoms with E-state index in [-0.39, 0.29) is 5.91 Å². The molecule has 20 heavy (non-hydrogen) atoms. The van der Waals surface area contributed by atoms with Gasteiger partial charge in [-0.3, -0.25) is 4.79 Å². The van der Waals surface area contributed by atoms with Gasteiger partial charge >= 0.3 is 0 Å². The minimum absolute atomic E-state index is 0.141. The molecule has 1 aliphatic rings. The SMILES string of the molecule is CCC(CC1CC1)NC(=O)Cc1c[nH]c2ccccc12. The standard InChI is InChI=1S/C17H22N2O/c1-2-14(9-12-7-8-12)19-17(20)10-13-11-18-16-6-4-3-5-15(13)16/h3-6,11-12,14,18H,2,7-10H2,1H3,(H,19,20). The predicted octanol–water partition coefficient (Wildman–Crippen LogP) is 3.41. The summed E-state index contributed by atoms with van der Waals surface area (Å²) in [4.78, 5) is 15.4. The number of amides is 1. The highest BCUT2D eigenvalue weighted by Gasteiger charge is 2.25. The highest BCUT2D eigenvalue weighted by Crippen LogP contribution is 2.34. The molecule has 3 nitrogen and oxygen atoms in total. The lowest BCUT2D eigenvalue weighted by Crippen LogP contribution is -2.35. The van der Waals surface area contributed by atoms with E-state index in [1.165, 1.54) is 12.8 Å². The lowest BCUT2D eigenvalue weighted by Gasteiger charge is -2.16. The van der Waals surface area contributed by atoms with Crippen molar-refractivity contribution in [1.29, 1.82) is 0 Å². The Kier molecular flexibility index (Phi) is 3.77. The van der Waals surface area contributed by atoms with Crippen molar-refractivity contribution in [3.05, 3.63) is 36.0 Å². The van der Waals surface area contributed by atoms with Gasteiger partial charge in [0.15, 0.2) is 0 Å². The van der Waals surface area contributed by atoms with E-state index in [1.54, 1.807) is 0 Å². The molecule has 1 unspecified atom stereocenters. The molecule has 1 aliphatic carbocycles. The minimum Gasteiger partial charge on any atom is -0.361 e. The number of fused-ring (bicyclic) bond motifs is 1. The van der Waals surface area contributed by atoms with Crippen LogP contribution in [-0.4, -0.2) is 16.9 Å². The van der Waals surface area contributed by atoms with Gasteiger partial charge in [-0.2, -0.15) is 0 Å². The molecule has 0 bridgehead atoms. The first-order valence-electron chi connectivity index (χ1n) is 7.60. The molecule has 3 rings (SSSR count). The first-order chi connectivity index (χ1) is 9.76. The number of H-pyrrole nitrogens is 1. The number of carbonyl (C=O) groups is 1. The molecule has 1 amide bonds. The van der Waals surface area contributed by atoms with Crippen LogP contribution in [0.4, 0.5) is 0 Å². The van der Waals surface area contributed by atoms with Crippen molar-refractivity contribution >= 4 is 16.8 Å². The molecule has 0 radical (unpaired) electrons. The minimum atomic E-state index is 0.141. The molecule has 1 saturated carbocycles. The summed E-state index contributed by atoms with van der Waals surface area (Å²) >= 11 is 0. The van der Waals surface area contributed by atoms with Crippen LogP contribution in [0.25, 0.3) is 10.9 Å².